The quantitative estimate of drug-likeness (QED) is 0.849. The van der Waals surface area contributed by atoms with Gasteiger partial charge in [0.1, 0.15) is 0 Å². The largest absolute Gasteiger partial charge is 0.362 e. The van der Waals surface area contributed by atoms with Gasteiger partial charge in [0.25, 0.3) is 0 Å². The lowest BCUT2D eigenvalue weighted by Gasteiger charge is -2.03. The van der Waals surface area contributed by atoms with Crippen molar-refractivity contribution in [1.82, 2.24) is 15.2 Å². The Labute approximate surface area is 131 Å². The summed E-state index contributed by atoms with van der Waals surface area (Å²) in [6.45, 7) is 1.86. The lowest BCUT2D eigenvalue weighted by molar-refractivity contribution is 0.807. The summed E-state index contributed by atoms with van der Waals surface area (Å²) >= 11 is 13.3. The Balaban J connectivity index is 2.13. The fourth-order valence-electron chi connectivity index (χ4n) is 1.47. The molecule has 1 N–H and O–H groups in total. The smallest absolute Gasteiger partial charge is 0.209 e. The lowest BCUT2D eigenvalue weighted by atomic mass is 10.3. The van der Waals surface area contributed by atoms with E-state index < -0.39 is 0 Å². The molecule has 0 amide bonds. The van der Waals surface area contributed by atoms with Crippen molar-refractivity contribution in [3.63, 3.8) is 0 Å². The van der Waals surface area contributed by atoms with E-state index in [1.54, 1.807) is 24.4 Å². The van der Waals surface area contributed by atoms with E-state index in [-0.39, 0.29) is 0 Å². The summed E-state index contributed by atoms with van der Waals surface area (Å²) < 4.78 is 0. The average molecular weight is 327 g/mol. The van der Waals surface area contributed by atoms with E-state index in [4.69, 9.17) is 23.2 Å². The van der Waals surface area contributed by atoms with Gasteiger partial charge in [-0.3, -0.25) is 0 Å². The Kier molecular flexibility index (Phi) is 5.23. The molecule has 1 aromatic heterocycles. The van der Waals surface area contributed by atoms with Crippen molar-refractivity contribution in [3.05, 3.63) is 45.8 Å². The van der Waals surface area contributed by atoms with Gasteiger partial charge in [-0.2, -0.15) is 5.10 Å². The van der Waals surface area contributed by atoms with E-state index in [2.05, 4.69) is 20.5 Å². The van der Waals surface area contributed by atoms with E-state index in [1.807, 2.05) is 19.3 Å². The molecule has 104 valence electrons. The summed E-state index contributed by atoms with van der Waals surface area (Å²) in [5.41, 5.74) is 2.35. The van der Waals surface area contributed by atoms with E-state index in [1.165, 1.54) is 11.8 Å². The molecule has 0 atom stereocenters. The van der Waals surface area contributed by atoms with Crippen LogP contribution in [0.4, 0.5) is 5.69 Å². The number of benzene rings is 1. The molecule has 20 heavy (non-hydrogen) atoms. The summed E-state index contributed by atoms with van der Waals surface area (Å²) in [4.78, 5) is 4.37. The molecule has 0 saturated carbocycles. The molecule has 1 aromatic carbocycles. The van der Waals surface area contributed by atoms with Crippen LogP contribution in [0.2, 0.25) is 10.0 Å². The average Bonchev–Trinajstić information content (AvgIpc) is 2.40. The molecule has 0 aliphatic rings. The van der Waals surface area contributed by atoms with Crippen molar-refractivity contribution in [1.29, 1.82) is 0 Å². The van der Waals surface area contributed by atoms with Gasteiger partial charge in [0.2, 0.25) is 5.16 Å². The molecule has 4 nitrogen and oxygen atoms in total. The minimum Gasteiger partial charge on any atom is -0.362 e. The molecular weight excluding hydrogens is 315 g/mol. The molecule has 0 bridgehead atoms. The molecule has 0 radical (unpaired) electrons. The zero-order valence-corrected chi connectivity index (χ0v) is 13.2. The van der Waals surface area contributed by atoms with Crippen LogP contribution >= 0.6 is 35.0 Å². The van der Waals surface area contributed by atoms with Gasteiger partial charge in [0.15, 0.2) is 0 Å². The van der Waals surface area contributed by atoms with Gasteiger partial charge in [-0.05, 0) is 37.5 Å². The first-order chi connectivity index (χ1) is 9.58. The van der Waals surface area contributed by atoms with E-state index >= 15 is 0 Å². The first-order valence-corrected chi connectivity index (χ1v) is 7.71. The number of aryl methyl sites for hydroxylation is 1. The summed E-state index contributed by atoms with van der Waals surface area (Å²) in [7, 11) is 0. The summed E-state index contributed by atoms with van der Waals surface area (Å²) in [6, 6.07) is 5.26. The zero-order chi connectivity index (χ0) is 14.5. The third-order valence-corrected chi connectivity index (χ3v) is 3.38. The van der Waals surface area contributed by atoms with Crippen molar-refractivity contribution >= 4 is 46.7 Å². The molecule has 0 spiro atoms. The fourth-order valence-corrected chi connectivity index (χ4v) is 2.31. The van der Waals surface area contributed by atoms with Crippen molar-refractivity contribution in [2.75, 3.05) is 11.6 Å². The second kappa shape index (κ2) is 6.92. The van der Waals surface area contributed by atoms with Crippen LogP contribution in [0.3, 0.4) is 0 Å². The number of halogens is 2. The van der Waals surface area contributed by atoms with Crippen LogP contribution in [0, 0.1) is 6.92 Å². The molecule has 0 saturated heterocycles. The van der Waals surface area contributed by atoms with Crippen LogP contribution in [0.25, 0.3) is 6.08 Å². The van der Waals surface area contributed by atoms with Crippen LogP contribution in [0.5, 0.6) is 0 Å². The molecule has 0 aliphatic heterocycles. The number of thioether (sulfide) groups is 1. The van der Waals surface area contributed by atoms with Gasteiger partial charge in [-0.15, -0.1) is 5.10 Å². The molecule has 7 heteroatoms. The maximum absolute atomic E-state index is 5.93. The highest BCUT2D eigenvalue weighted by atomic mass is 35.5. The highest BCUT2D eigenvalue weighted by molar-refractivity contribution is 7.98. The predicted molar refractivity (Wildman–Crippen MR) is 85.5 cm³/mol. The topological polar surface area (TPSA) is 50.7 Å². The molecular formula is C13H12Cl2N4S. The molecule has 0 fully saturated rings. The summed E-state index contributed by atoms with van der Waals surface area (Å²) in [5.74, 6) is 0. The molecule has 0 unspecified atom stereocenters. The maximum atomic E-state index is 5.93. The standard InChI is InChI=1S/C13H12Cl2N4S/c1-8-12(17-13(20-2)19-18-8)3-4-16-11-6-9(14)5-10(15)7-11/h3-7,16H,1-2H3/b4-3+. The fraction of sp³-hybridized carbons (Fsp3) is 0.154. The van der Waals surface area contributed by atoms with Crippen LogP contribution in [-0.2, 0) is 0 Å². The van der Waals surface area contributed by atoms with Crippen molar-refractivity contribution in [2.45, 2.75) is 12.1 Å². The highest BCUT2D eigenvalue weighted by Crippen LogP contribution is 2.22. The van der Waals surface area contributed by atoms with E-state index in [9.17, 15) is 0 Å². The Morgan fingerprint density at radius 3 is 2.50 bits per heavy atom. The van der Waals surface area contributed by atoms with Crippen LogP contribution < -0.4 is 5.32 Å². The van der Waals surface area contributed by atoms with Gasteiger partial charge in [0, 0.05) is 21.9 Å². The van der Waals surface area contributed by atoms with E-state index in [0.717, 1.165) is 17.1 Å². The minimum atomic E-state index is 0.581. The van der Waals surface area contributed by atoms with Gasteiger partial charge < -0.3 is 5.32 Å². The maximum Gasteiger partial charge on any atom is 0.209 e. The van der Waals surface area contributed by atoms with Crippen LogP contribution in [0.15, 0.2) is 29.6 Å². The molecule has 2 rings (SSSR count). The summed E-state index contributed by atoms with van der Waals surface area (Å²) in [6.07, 6.45) is 5.51. The van der Waals surface area contributed by atoms with Gasteiger partial charge in [-0.1, -0.05) is 35.0 Å². The van der Waals surface area contributed by atoms with Gasteiger partial charge in [-0.25, -0.2) is 4.98 Å². The predicted octanol–water partition coefficient (Wildman–Crippen LogP) is 4.29. The second-order valence-corrected chi connectivity index (χ2v) is 5.55. The summed E-state index contributed by atoms with van der Waals surface area (Å²) in [5, 5.41) is 12.9. The number of nitrogens with zero attached hydrogens (tertiary/aromatic N) is 3. The number of aromatic nitrogens is 3. The Hall–Kier alpha value is -1.30. The number of anilines is 1. The monoisotopic (exact) mass is 326 g/mol. The van der Waals surface area contributed by atoms with Crippen molar-refractivity contribution < 1.29 is 0 Å². The Morgan fingerprint density at radius 2 is 1.85 bits per heavy atom. The molecule has 2 aromatic rings. The Bertz CT molecular complexity index is 626. The molecule has 0 aliphatic carbocycles. The van der Waals surface area contributed by atoms with Crippen molar-refractivity contribution in [3.8, 4) is 0 Å². The first-order valence-electron chi connectivity index (χ1n) is 5.73. The normalized spacial score (nSPS) is 11.0. The number of hydrogen-bond acceptors (Lipinski definition) is 5. The minimum absolute atomic E-state index is 0.581. The Morgan fingerprint density at radius 1 is 1.15 bits per heavy atom. The second-order valence-electron chi connectivity index (χ2n) is 3.90. The van der Waals surface area contributed by atoms with Gasteiger partial charge >= 0.3 is 0 Å². The third kappa shape index (κ3) is 4.10. The number of rotatable bonds is 4. The zero-order valence-electron chi connectivity index (χ0n) is 10.9. The molecule has 1 heterocycles. The van der Waals surface area contributed by atoms with E-state index in [0.29, 0.717) is 15.2 Å². The first kappa shape index (κ1) is 15.1. The highest BCUT2D eigenvalue weighted by Gasteiger charge is 2.01. The van der Waals surface area contributed by atoms with Crippen molar-refractivity contribution in [2.24, 2.45) is 0 Å². The number of nitrogens with one attached hydrogen (secondary N) is 1. The SMILES string of the molecule is CSc1nnc(C)c(/C=C/Nc2cc(Cl)cc(Cl)c2)n1. The van der Waals surface area contributed by atoms with Gasteiger partial charge in [0.05, 0.1) is 11.4 Å². The third-order valence-electron chi connectivity index (χ3n) is 2.41. The number of hydrogen-bond donors (Lipinski definition) is 1. The van der Waals surface area contributed by atoms with Crippen LogP contribution in [-0.4, -0.2) is 21.4 Å². The lowest BCUT2D eigenvalue weighted by Crippen LogP contribution is -1.98. The van der Waals surface area contributed by atoms with Crippen LogP contribution in [0.1, 0.15) is 11.4 Å².